The first-order valence-electron chi connectivity index (χ1n) is 10.2. The molecule has 0 bridgehead atoms. The number of azo groups is 1. The van der Waals surface area contributed by atoms with Crippen LogP contribution in [0.1, 0.15) is 0 Å². The fraction of sp³-hybridized carbons (Fsp3) is 0.0417. The first kappa shape index (κ1) is 21.9. The number of thioether (sulfide) groups is 1. The Kier molecular flexibility index (Phi) is 5.87. The summed E-state index contributed by atoms with van der Waals surface area (Å²) in [5.41, 5.74) is 1.72. The molecule has 0 aliphatic carbocycles. The zero-order chi connectivity index (χ0) is 23.7. The van der Waals surface area contributed by atoms with Gasteiger partial charge >= 0.3 is 0 Å². The van der Waals surface area contributed by atoms with E-state index in [1.165, 1.54) is 4.57 Å². The zero-order valence-electron chi connectivity index (χ0n) is 17.5. The average Bonchev–Trinajstić information content (AvgIpc) is 3.17. The second kappa shape index (κ2) is 9.12. The van der Waals surface area contributed by atoms with Gasteiger partial charge in [-0.25, -0.2) is 4.98 Å². The summed E-state index contributed by atoms with van der Waals surface area (Å²) in [6, 6.07) is 21.0. The number of hydrogen-bond donors (Lipinski definition) is 2. The molecule has 0 saturated carbocycles. The quantitative estimate of drug-likeness (QED) is 0.189. The van der Waals surface area contributed by atoms with Crippen LogP contribution in [0.4, 0.5) is 5.69 Å². The second-order valence-corrected chi connectivity index (χ2v) is 8.66. The van der Waals surface area contributed by atoms with E-state index in [1.54, 1.807) is 66.7 Å². The number of amides is 1. The van der Waals surface area contributed by atoms with Gasteiger partial charge in [0.05, 0.1) is 27.9 Å². The number of carbonyl (C=O) groups is 1. The molecule has 1 amide bonds. The summed E-state index contributed by atoms with van der Waals surface area (Å²) in [5.74, 6) is -0.816. The zero-order valence-corrected chi connectivity index (χ0v) is 19.0. The maximum Gasteiger partial charge on any atom is 0.275 e. The third-order valence-corrected chi connectivity index (χ3v) is 6.25. The Morgan fingerprint density at radius 3 is 2.53 bits per heavy atom. The van der Waals surface area contributed by atoms with E-state index in [0.29, 0.717) is 37.7 Å². The van der Waals surface area contributed by atoms with E-state index in [9.17, 15) is 14.7 Å². The van der Waals surface area contributed by atoms with Gasteiger partial charge < -0.3 is 10.1 Å². The maximum atomic E-state index is 13.2. The summed E-state index contributed by atoms with van der Waals surface area (Å²) in [7, 11) is 0. The number of aromatic hydroxyl groups is 1. The van der Waals surface area contributed by atoms with E-state index in [0.717, 1.165) is 11.8 Å². The third-order valence-electron chi connectivity index (χ3n) is 5.08. The van der Waals surface area contributed by atoms with Gasteiger partial charge in [-0.3, -0.25) is 14.2 Å². The van der Waals surface area contributed by atoms with Crippen LogP contribution in [0.2, 0.25) is 5.02 Å². The summed E-state index contributed by atoms with van der Waals surface area (Å²) in [4.78, 5) is 33.1. The van der Waals surface area contributed by atoms with Gasteiger partial charge in [0.2, 0.25) is 5.88 Å². The first-order valence-corrected chi connectivity index (χ1v) is 11.5. The Morgan fingerprint density at radius 1 is 1.03 bits per heavy atom. The molecule has 0 spiro atoms. The molecule has 0 radical (unpaired) electrons. The van der Waals surface area contributed by atoms with Gasteiger partial charge in [-0.15, -0.1) is 10.2 Å². The highest BCUT2D eigenvalue weighted by Crippen LogP contribution is 2.35. The molecule has 5 aromatic rings. The largest absolute Gasteiger partial charge is 0.493 e. The first-order chi connectivity index (χ1) is 16.5. The fourth-order valence-electron chi connectivity index (χ4n) is 3.50. The van der Waals surface area contributed by atoms with E-state index in [4.69, 9.17) is 11.6 Å². The maximum absolute atomic E-state index is 13.2. The minimum absolute atomic E-state index is 0.106. The van der Waals surface area contributed by atoms with Gasteiger partial charge in [0.1, 0.15) is 0 Å². The summed E-state index contributed by atoms with van der Waals surface area (Å²) < 4.78 is 1.44. The van der Waals surface area contributed by atoms with Gasteiger partial charge in [0, 0.05) is 10.4 Å². The van der Waals surface area contributed by atoms with Gasteiger partial charge in [0.15, 0.2) is 10.8 Å². The minimum atomic E-state index is -0.542. The Bertz CT molecular complexity index is 1630. The topological polar surface area (TPSA) is 113 Å². The Labute approximate surface area is 201 Å². The molecule has 0 saturated heterocycles. The predicted octanol–water partition coefficient (Wildman–Crippen LogP) is 5.63. The smallest absolute Gasteiger partial charge is 0.275 e. The van der Waals surface area contributed by atoms with Crippen LogP contribution >= 0.6 is 23.4 Å². The molecular weight excluding hydrogens is 474 g/mol. The molecule has 168 valence electrons. The van der Waals surface area contributed by atoms with Crippen molar-refractivity contribution >= 4 is 56.8 Å². The van der Waals surface area contributed by atoms with Crippen molar-refractivity contribution in [1.29, 1.82) is 0 Å². The van der Waals surface area contributed by atoms with Crippen LogP contribution < -0.4 is 5.56 Å². The molecule has 34 heavy (non-hydrogen) atoms. The number of aromatic amines is 1. The van der Waals surface area contributed by atoms with Gasteiger partial charge in [-0.05, 0) is 42.5 Å². The van der Waals surface area contributed by atoms with Crippen molar-refractivity contribution in [2.75, 3.05) is 5.75 Å². The number of nitrogens with zero attached hydrogens (tertiary/aromatic N) is 4. The van der Waals surface area contributed by atoms with Crippen LogP contribution in [-0.4, -0.2) is 31.3 Å². The van der Waals surface area contributed by atoms with Crippen molar-refractivity contribution in [3.8, 4) is 11.6 Å². The van der Waals surface area contributed by atoms with E-state index < -0.39 is 5.91 Å². The van der Waals surface area contributed by atoms with E-state index in [-0.39, 0.29) is 22.9 Å². The normalized spacial score (nSPS) is 11.6. The van der Waals surface area contributed by atoms with Crippen molar-refractivity contribution in [3.63, 3.8) is 0 Å². The molecule has 8 nitrogen and oxygen atoms in total. The van der Waals surface area contributed by atoms with Crippen LogP contribution in [0.3, 0.4) is 0 Å². The number of halogens is 1. The molecule has 2 aromatic heterocycles. The molecule has 2 N–H and O–H groups in total. The fourth-order valence-corrected chi connectivity index (χ4v) is 4.42. The predicted molar refractivity (Wildman–Crippen MR) is 133 cm³/mol. The molecule has 0 unspecified atom stereocenters. The summed E-state index contributed by atoms with van der Waals surface area (Å²) in [6.45, 7) is 0. The number of carbonyl (C=O) groups excluding carboxylic acids is 1. The van der Waals surface area contributed by atoms with Gasteiger partial charge in [-0.1, -0.05) is 53.7 Å². The number of benzene rings is 3. The molecule has 5 rings (SSSR count). The standard InChI is InChI=1S/C24H16ClN5O3S/c25-14-9-11-15(12-10-14)30-23(33)17-6-2-4-8-19(17)27-24(30)34-13-20(31)28-29-21-16-5-1-3-7-18(16)26-22(21)32/h1-12,26,32H,13H2. The lowest BCUT2D eigenvalue weighted by Gasteiger charge is -2.12. The number of H-pyrrole nitrogens is 1. The lowest BCUT2D eigenvalue weighted by molar-refractivity contribution is -0.115. The highest BCUT2D eigenvalue weighted by Gasteiger charge is 2.15. The molecule has 0 aliphatic heterocycles. The molecular formula is C24H16ClN5O3S. The van der Waals surface area contributed by atoms with E-state index in [1.807, 2.05) is 6.07 Å². The van der Waals surface area contributed by atoms with Crippen LogP contribution in [0.5, 0.6) is 5.88 Å². The molecule has 0 aliphatic rings. The average molecular weight is 490 g/mol. The number of para-hydroxylation sites is 2. The van der Waals surface area contributed by atoms with Crippen molar-refractivity contribution in [3.05, 3.63) is 88.2 Å². The summed E-state index contributed by atoms with van der Waals surface area (Å²) in [5, 5.41) is 19.8. The Balaban J connectivity index is 1.45. The lowest BCUT2D eigenvalue weighted by Crippen LogP contribution is -2.22. The van der Waals surface area contributed by atoms with Crippen molar-refractivity contribution in [2.24, 2.45) is 10.2 Å². The third kappa shape index (κ3) is 4.18. The van der Waals surface area contributed by atoms with Gasteiger partial charge in [-0.2, -0.15) is 0 Å². The minimum Gasteiger partial charge on any atom is -0.493 e. The van der Waals surface area contributed by atoms with Crippen LogP contribution in [-0.2, 0) is 4.79 Å². The SMILES string of the molecule is O=C(CSc1nc2ccccc2c(=O)n1-c1ccc(Cl)cc1)N=Nc1c(O)[nH]c2ccccc12. The number of aromatic nitrogens is 3. The number of nitrogens with one attached hydrogen (secondary N) is 1. The Morgan fingerprint density at radius 2 is 1.74 bits per heavy atom. The van der Waals surface area contributed by atoms with Crippen molar-refractivity contribution in [1.82, 2.24) is 14.5 Å². The van der Waals surface area contributed by atoms with Crippen molar-refractivity contribution in [2.45, 2.75) is 5.16 Å². The van der Waals surface area contributed by atoms with E-state index >= 15 is 0 Å². The lowest BCUT2D eigenvalue weighted by atomic mass is 10.2. The van der Waals surface area contributed by atoms with Crippen molar-refractivity contribution < 1.29 is 9.90 Å². The highest BCUT2D eigenvalue weighted by atomic mass is 35.5. The molecule has 0 atom stereocenters. The molecule has 10 heteroatoms. The number of fused-ring (bicyclic) bond motifs is 2. The number of rotatable bonds is 5. The molecule has 2 heterocycles. The van der Waals surface area contributed by atoms with E-state index in [2.05, 4.69) is 20.2 Å². The second-order valence-electron chi connectivity index (χ2n) is 7.28. The Hall–Kier alpha value is -3.95. The number of hydrogen-bond acceptors (Lipinski definition) is 6. The molecule has 3 aromatic carbocycles. The van der Waals surface area contributed by atoms with Gasteiger partial charge in [0.25, 0.3) is 11.5 Å². The molecule has 0 fully saturated rings. The summed E-state index contributed by atoms with van der Waals surface area (Å²) in [6.07, 6.45) is 0. The highest BCUT2D eigenvalue weighted by molar-refractivity contribution is 7.99. The van der Waals surface area contributed by atoms with Crippen LogP contribution in [0, 0.1) is 0 Å². The van der Waals surface area contributed by atoms with Crippen LogP contribution in [0.25, 0.3) is 27.5 Å². The summed E-state index contributed by atoms with van der Waals surface area (Å²) >= 11 is 7.08. The monoisotopic (exact) mass is 489 g/mol. The van der Waals surface area contributed by atoms with Crippen LogP contribution in [0.15, 0.2) is 93.0 Å².